The fourth-order valence-corrected chi connectivity index (χ4v) is 3.35. The average molecular weight is 246 g/mol. The lowest BCUT2D eigenvalue weighted by atomic mass is 10.2. The van der Waals surface area contributed by atoms with Crippen LogP contribution in [-0.2, 0) is 0 Å². The molecule has 2 nitrogen and oxygen atoms in total. The van der Waals surface area contributed by atoms with E-state index in [9.17, 15) is 0 Å². The van der Waals surface area contributed by atoms with Crippen molar-refractivity contribution in [3.05, 3.63) is 23.2 Å². The van der Waals surface area contributed by atoms with E-state index in [1.54, 1.807) is 0 Å². The van der Waals surface area contributed by atoms with E-state index < -0.39 is 0 Å². The zero-order valence-corrected chi connectivity index (χ0v) is 11.3. The first-order chi connectivity index (χ1) is 8.24. The summed E-state index contributed by atoms with van der Waals surface area (Å²) in [5.74, 6) is 0.530. The van der Waals surface area contributed by atoms with Crippen molar-refractivity contribution in [1.29, 1.82) is 0 Å². The summed E-state index contributed by atoms with van der Waals surface area (Å²) in [6.45, 7) is 6.83. The van der Waals surface area contributed by atoms with Crippen LogP contribution < -0.4 is 4.90 Å². The van der Waals surface area contributed by atoms with Crippen molar-refractivity contribution in [2.75, 3.05) is 18.0 Å². The second-order valence-electron chi connectivity index (χ2n) is 5.05. The van der Waals surface area contributed by atoms with E-state index in [-0.39, 0.29) is 0 Å². The van der Waals surface area contributed by atoms with E-state index in [1.165, 1.54) is 41.3 Å². The molecule has 0 aliphatic carbocycles. The number of hydrogen-bond donors (Lipinski definition) is 0. The molecule has 0 spiro atoms. The first-order valence-electron chi connectivity index (χ1n) is 6.39. The van der Waals surface area contributed by atoms with Crippen LogP contribution in [-0.4, -0.2) is 18.1 Å². The summed E-state index contributed by atoms with van der Waals surface area (Å²) in [6, 6.07) is 6.70. The molecule has 17 heavy (non-hydrogen) atoms. The quantitative estimate of drug-likeness (QED) is 0.795. The van der Waals surface area contributed by atoms with Gasteiger partial charge in [-0.2, -0.15) is 0 Å². The lowest BCUT2D eigenvalue weighted by molar-refractivity contribution is 0.857. The highest BCUT2D eigenvalue weighted by Gasteiger charge is 2.14. The smallest absolute Gasteiger partial charge is 0.0963 e. The predicted molar refractivity (Wildman–Crippen MR) is 75.2 cm³/mol. The van der Waals surface area contributed by atoms with Crippen LogP contribution in [0.15, 0.2) is 18.2 Å². The maximum Gasteiger partial charge on any atom is 0.0963 e. The van der Waals surface area contributed by atoms with E-state index in [2.05, 4.69) is 41.9 Å². The maximum absolute atomic E-state index is 4.68. The van der Waals surface area contributed by atoms with Gasteiger partial charge in [0.2, 0.25) is 0 Å². The molecule has 0 N–H and O–H groups in total. The van der Waals surface area contributed by atoms with Crippen molar-refractivity contribution < 1.29 is 0 Å². The van der Waals surface area contributed by atoms with Crippen LogP contribution in [0.2, 0.25) is 0 Å². The van der Waals surface area contributed by atoms with Crippen molar-refractivity contribution in [1.82, 2.24) is 4.98 Å². The van der Waals surface area contributed by atoms with Gasteiger partial charge in [-0.15, -0.1) is 11.3 Å². The third-order valence-electron chi connectivity index (χ3n) is 3.35. The van der Waals surface area contributed by atoms with Crippen LogP contribution in [0.5, 0.6) is 0 Å². The molecule has 0 radical (unpaired) electrons. The van der Waals surface area contributed by atoms with Gasteiger partial charge < -0.3 is 4.90 Å². The van der Waals surface area contributed by atoms with Gasteiger partial charge in [-0.3, -0.25) is 0 Å². The predicted octanol–water partition coefficient (Wildman–Crippen LogP) is 4.02. The fraction of sp³-hybridized carbons (Fsp3) is 0.500. The summed E-state index contributed by atoms with van der Waals surface area (Å²) in [4.78, 5) is 7.16. The van der Waals surface area contributed by atoms with Crippen LogP contribution in [0.3, 0.4) is 0 Å². The van der Waals surface area contributed by atoms with Crippen LogP contribution in [0.1, 0.15) is 37.6 Å². The van der Waals surface area contributed by atoms with Crippen LogP contribution >= 0.6 is 11.3 Å². The average Bonchev–Trinajstić information content (AvgIpc) is 2.97. The zero-order valence-electron chi connectivity index (χ0n) is 10.4. The highest BCUT2D eigenvalue weighted by atomic mass is 32.1. The summed E-state index contributed by atoms with van der Waals surface area (Å²) in [6.07, 6.45) is 2.66. The Balaban J connectivity index is 2.00. The molecule has 3 heteroatoms. The van der Waals surface area contributed by atoms with Crippen molar-refractivity contribution in [2.24, 2.45) is 0 Å². The van der Waals surface area contributed by atoms with Gasteiger partial charge in [0.15, 0.2) is 0 Å². The van der Waals surface area contributed by atoms with Gasteiger partial charge >= 0.3 is 0 Å². The highest BCUT2D eigenvalue weighted by molar-refractivity contribution is 7.18. The Morgan fingerprint density at radius 2 is 2.00 bits per heavy atom. The first kappa shape index (κ1) is 11.0. The van der Waals surface area contributed by atoms with Gasteiger partial charge in [-0.25, -0.2) is 4.98 Å². The minimum absolute atomic E-state index is 0.530. The number of benzene rings is 1. The minimum atomic E-state index is 0.530. The molecular weight excluding hydrogens is 228 g/mol. The molecule has 1 aliphatic rings. The zero-order chi connectivity index (χ0) is 11.8. The molecule has 0 amide bonds. The van der Waals surface area contributed by atoms with Crippen LogP contribution in [0.25, 0.3) is 10.2 Å². The van der Waals surface area contributed by atoms with Crippen molar-refractivity contribution in [3.8, 4) is 0 Å². The van der Waals surface area contributed by atoms with Gasteiger partial charge in [0, 0.05) is 24.7 Å². The number of fused-ring (bicyclic) bond motifs is 1. The topological polar surface area (TPSA) is 16.1 Å². The van der Waals surface area contributed by atoms with E-state index in [1.807, 2.05) is 11.3 Å². The molecule has 1 aromatic heterocycles. The number of nitrogens with zero attached hydrogens (tertiary/aromatic N) is 2. The summed E-state index contributed by atoms with van der Waals surface area (Å²) < 4.78 is 1.33. The largest absolute Gasteiger partial charge is 0.371 e. The van der Waals surface area contributed by atoms with Gasteiger partial charge in [-0.05, 0) is 31.0 Å². The van der Waals surface area contributed by atoms with Gasteiger partial charge in [0.05, 0.1) is 15.2 Å². The number of hydrogen-bond acceptors (Lipinski definition) is 3. The van der Waals surface area contributed by atoms with Crippen LogP contribution in [0.4, 0.5) is 5.69 Å². The first-order valence-corrected chi connectivity index (χ1v) is 7.21. The molecule has 0 saturated carbocycles. The number of aromatic nitrogens is 1. The Morgan fingerprint density at radius 1 is 1.24 bits per heavy atom. The fourth-order valence-electron chi connectivity index (χ4n) is 2.35. The Hall–Kier alpha value is -1.09. The minimum Gasteiger partial charge on any atom is -0.371 e. The maximum atomic E-state index is 4.68. The summed E-state index contributed by atoms with van der Waals surface area (Å²) >= 11 is 1.84. The Bertz CT molecular complexity index is 524. The Kier molecular flexibility index (Phi) is 2.79. The van der Waals surface area contributed by atoms with Gasteiger partial charge in [0.1, 0.15) is 0 Å². The summed E-state index contributed by atoms with van der Waals surface area (Å²) in [7, 11) is 0. The standard InChI is InChI=1S/C14H18N2S/c1-10(2)14-15-12-6-5-11(9-13(12)17-14)16-7-3-4-8-16/h5-6,9-10H,3-4,7-8H2,1-2H3. The molecule has 1 aliphatic heterocycles. The van der Waals surface area contributed by atoms with E-state index in [4.69, 9.17) is 0 Å². The SMILES string of the molecule is CC(C)c1nc2ccc(N3CCCC3)cc2s1. The summed E-state index contributed by atoms with van der Waals surface area (Å²) in [5.41, 5.74) is 2.52. The molecule has 0 atom stereocenters. The Labute approximate surface area is 106 Å². The van der Waals surface area contributed by atoms with E-state index in [0.717, 1.165) is 5.52 Å². The molecule has 3 rings (SSSR count). The number of anilines is 1. The number of thiazole rings is 1. The molecule has 2 aromatic rings. The van der Waals surface area contributed by atoms with Crippen molar-refractivity contribution >= 4 is 27.2 Å². The van der Waals surface area contributed by atoms with Gasteiger partial charge in [-0.1, -0.05) is 13.8 Å². The molecule has 90 valence electrons. The third-order valence-corrected chi connectivity index (χ3v) is 4.67. The third kappa shape index (κ3) is 2.04. The molecule has 2 heterocycles. The Morgan fingerprint density at radius 3 is 2.71 bits per heavy atom. The van der Waals surface area contributed by atoms with Crippen LogP contribution in [0, 0.1) is 0 Å². The molecule has 1 fully saturated rings. The van der Waals surface area contributed by atoms with Crippen molar-refractivity contribution in [3.63, 3.8) is 0 Å². The van der Waals surface area contributed by atoms with Crippen molar-refractivity contribution in [2.45, 2.75) is 32.6 Å². The lowest BCUT2D eigenvalue weighted by Gasteiger charge is -2.16. The number of rotatable bonds is 2. The molecule has 0 bridgehead atoms. The van der Waals surface area contributed by atoms with Gasteiger partial charge in [0.25, 0.3) is 0 Å². The highest BCUT2D eigenvalue weighted by Crippen LogP contribution is 2.31. The molecular formula is C14H18N2S. The second kappa shape index (κ2) is 4.30. The monoisotopic (exact) mass is 246 g/mol. The summed E-state index contributed by atoms with van der Waals surface area (Å²) in [5, 5.41) is 1.25. The molecule has 0 unspecified atom stereocenters. The normalized spacial score (nSPS) is 16.3. The second-order valence-corrected chi connectivity index (χ2v) is 6.12. The lowest BCUT2D eigenvalue weighted by Crippen LogP contribution is -2.17. The molecule has 1 aromatic carbocycles. The molecule has 1 saturated heterocycles. The van der Waals surface area contributed by atoms with E-state index >= 15 is 0 Å². The van der Waals surface area contributed by atoms with E-state index in [0.29, 0.717) is 5.92 Å².